The van der Waals surface area contributed by atoms with Gasteiger partial charge in [-0.05, 0) is 56.3 Å². The predicted molar refractivity (Wildman–Crippen MR) is 102 cm³/mol. The number of aryl methyl sites for hydroxylation is 2. The summed E-state index contributed by atoms with van der Waals surface area (Å²) in [5.41, 5.74) is 7.14. The lowest BCUT2D eigenvalue weighted by atomic mass is 10.2. The highest BCUT2D eigenvalue weighted by Crippen LogP contribution is 2.17. The number of hydrogen-bond acceptors (Lipinski definition) is 2. The van der Waals surface area contributed by atoms with Gasteiger partial charge in [0.25, 0.3) is 5.91 Å². The normalized spacial score (nSPS) is 11.0. The fourth-order valence-corrected chi connectivity index (χ4v) is 2.83. The van der Waals surface area contributed by atoms with Gasteiger partial charge in [0.15, 0.2) is 0 Å². The molecule has 0 aliphatic rings. The molecular formula is C20H18ClN3O. The van der Waals surface area contributed by atoms with Gasteiger partial charge in [0, 0.05) is 33.2 Å². The highest BCUT2D eigenvalue weighted by Gasteiger charge is 2.07. The summed E-state index contributed by atoms with van der Waals surface area (Å²) in [5, 5.41) is 4.55. The molecule has 4 nitrogen and oxygen atoms in total. The molecule has 3 aromatic rings. The van der Waals surface area contributed by atoms with Crippen LogP contribution in [0.5, 0.6) is 0 Å². The highest BCUT2D eigenvalue weighted by molar-refractivity contribution is 6.33. The van der Waals surface area contributed by atoms with Gasteiger partial charge in [0.1, 0.15) is 0 Å². The van der Waals surface area contributed by atoms with Crippen LogP contribution in [-0.2, 0) is 0 Å². The number of rotatable bonds is 4. The number of benzene rings is 2. The summed E-state index contributed by atoms with van der Waals surface area (Å²) in [7, 11) is 0. The summed E-state index contributed by atoms with van der Waals surface area (Å²) in [5.74, 6) is -0.268. The van der Waals surface area contributed by atoms with Crippen LogP contribution in [0.25, 0.3) is 5.69 Å². The summed E-state index contributed by atoms with van der Waals surface area (Å²) >= 11 is 6.04. The third-order valence-electron chi connectivity index (χ3n) is 3.93. The maximum Gasteiger partial charge on any atom is 0.271 e. The smallest absolute Gasteiger partial charge is 0.271 e. The maximum absolute atomic E-state index is 12.2. The van der Waals surface area contributed by atoms with Crippen LogP contribution in [0.15, 0.2) is 65.8 Å². The Morgan fingerprint density at radius 3 is 2.28 bits per heavy atom. The fourth-order valence-electron chi connectivity index (χ4n) is 2.64. The molecule has 0 unspecified atom stereocenters. The first-order chi connectivity index (χ1) is 12.1. The average molecular weight is 352 g/mol. The molecule has 0 aliphatic carbocycles. The zero-order chi connectivity index (χ0) is 17.8. The molecule has 0 radical (unpaired) electrons. The number of carbonyl (C=O) groups is 1. The van der Waals surface area contributed by atoms with Crippen LogP contribution in [0, 0.1) is 13.8 Å². The third kappa shape index (κ3) is 3.80. The lowest BCUT2D eigenvalue weighted by Gasteiger charge is -2.10. The SMILES string of the molecule is Cc1ccc(C)n1-c1ccc(C(=O)N/N=C\c2ccccc2Cl)cc1. The van der Waals surface area contributed by atoms with E-state index in [-0.39, 0.29) is 5.91 Å². The van der Waals surface area contributed by atoms with Gasteiger partial charge in [-0.1, -0.05) is 29.8 Å². The Morgan fingerprint density at radius 2 is 1.64 bits per heavy atom. The molecule has 1 aromatic heterocycles. The molecule has 0 fully saturated rings. The Balaban J connectivity index is 1.70. The van der Waals surface area contributed by atoms with E-state index in [4.69, 9.17) is 11.6 Å². The van der Waals surface area contributed by atoms with Gasteiger partial charge in [-0.25, -0.2) is 5.43 Å². The number of aromatic nitrogens is 1. The zero-order valence-corrected chi connectivity index (χ0v) is 14.8. The molecule has 1 amide bonds. The van der Waals surface area contributed by atoms with Crippen molar-refractivity contribution in [2.24, 2.45) is 5.10 Å². The number of hydrazone groups is 1. The van der Waals surface area contributed by atoms with Crippen molar-refractivity contribution >= 4 is 23.7 Å². The first kappa shape index (κ1) is 17.0. The fraction of sp³-hybridized carbons (Fsp3) is 0.100. The van der Waals surface area contributed by atoms with E-state index in [1.54, 1.807) is 18.2 Å². The molecule has 0 bridgehead atoms. The Bertz CT molecular complexity index is 907. The van der Waals surface area contributed by atoms with Crippen molar-refractivity contribution in [1.82, 2.24) is 9.99 Å². The van der Waals surface area contributed by atoms with Gasteiger partial charge < -0.3 is 4.57 Å². The van der Waals surface area contributed by atoms with E-state index < -0.39 is 0 Å². The number of hydrogen-bond donors (Lipinski definition) is 1. The lowest BCUT2D eigenvalue weighted by Crippen LogP contribution is -2.17. The minimum Gasteiger partial charge on any atom is -0.319 e. The first-order valence-electron chi connectivity index (χ1n) is 7.89. The van der Waals surface area contributed by atoms with Gasteiger partial charge in [-0.2, -0.15) is 5.10 Å². The van der Waals surface area contributed by atoms with E-state index in [1.807, 2.05) is 30.3 Å². The van der Waals surface area contributed by atoms with Gasteiger partial charge in [0.2, 0.25) is 0 Å². The van der Waals surface area contributed by atoms with E-state index >= 15 is 0 Å². The molecule has 0 saturated carbocycles. The van der Waals surface area contributed by atoms with Crippen LogP contribution in [0.2, 0.25) is 5.02 Å². The number of amides is 1. The topological polar surface area (TPSA) is 46.4 Å². The van der Waals surface area contributed by atoms with Crippen molar-refractivity contribution in [2.45, 2.75) is 13.8 Å². The van der Waals surface area contributed by atoms with Crippen molar-refractivity contribution in [1.29, 1.82) is 0 Å². The maximum atomic E-state index is 12.2. The first-order valence-corrected chi connectivity index (χ1v) is 8.27. The van der Waals surface area contributed by atoms with Crippen LogP contribution in [0.4, 0.5) is 0 Å². The van der Waals surface area contributed by atoms with Crippen LogP contribution in [0.3, 0.4) is 0 Å². The molecule has 126 valence electrons. The van der Waals surface area contributed by atoms with E-state index in [1.165, 1.54) is 6.21 Å². The van der Waals surface area contributed by atoms with Crippen molar-refractivity contribution < 1.29 is 4.79 Å². The third-order valence-corrected chi connectivity index (χ3v) is 4.28. The second-order valence-corrected chi connectivity index (χ2v) is 6.13. The number of halogens is 1. The quantitative estimate of drug-likeness (QED) is 0.545. The molecule has 5 heteroatoms. The van der Waals surface area contributed by atoms with E-state index in [2.05, 4.69) is 41.1 Å². The molecular weight excluding hydrogens is 334 g/mol. The largest absolute Gasteiger partial charge is 0.319 e. The van der Waals surface area contributed by atoms with E-state index in [9.17, 15) is 4.79 Å². The van der Waals surface area contributed by atoms with Crippen molar-refractivity contribution in [3.63, 3.8) is 0 Å². The Labute approximate surface area is 151 Å². The summed E-state index contributed by atoms with van der Waals surface area (Å²) in [4.78, 5) is 12.2. The van der Waals surface area contributed by atoms with Gasteiger partial charge in [-0.15, -0.1) is 0 Å². The van der Waals surface area contributed by atoms with Crippen LogP contribution >= 0.6 is 11.6 Å². The zero-order valence-electron chi connectivity index (χ0n) is 14.0. The Kier molecular flexibility index (Phi) is 5.00. The molecule has 0 spiro atoms. The average Bonchev–Trinajstić information content (AvgIpc) is 2.95. The lowest BCUT2D eigenvalue weighted by molar-refractivity contribution is 0.0955. The molecule has 25 heavy (non-hydrogen) atoms. The highest BCUT2D eigenvalue weighted by atomic mass is 35.5. The summed E-state index contributed by atoms with van der Waals surface area (Å²) < 4.78 is 2.14. The molecule has 1 N–H and O–H groups in total. The monoisotopic (exact) mass is 351 g/mol. The van der Waals surface area contributed by atoms with E-state index in [0.29, 0.717) is 10.6 Å². The minimum atomic E-state index is -0.268. The predicted octanol–water partition coefficient (Wildman–Crippen LogP) is 4.51. The molecule has 3 rings (SSSR count). The molecule has 0 saturated heterocycles. The number of nitrogens with one attached hydrogen (secondary N) is 1. The van der Waals surface area contributed by atoms with Crippen LogP contribution in [-0.4, -0.2) is 16.7 Å². The van der Waals surface area contributed by atoms with Gasteiger partial charge in [-0.3, -0.25) is 4.79 Å². The molecule has 0 atom stereocenters. The van der Waals surface area contributed by atoms with Crippen LogP contribution in [0.1, 0.15) is 27.3 Å². The number of nitrogens with zero attached hydrogens (tertiary/aromatic N) is 2. The van der Waals surface area contributed by atoms with Crippen LogP contribution < -0.4 is 5.43 Å². The molecule has 1 heterocycles. The Morgan fingerprint density at radius 1 is 1.00 bits per heavy atom. The van der Waals surface area contributed by atoms with Crippen molar-refractivity contribution in [3.8, 4) is 5.69 Å². The van der Waals surface area contributed by atoms with Gasteiger partial charge >= 0.3 is 0 Å². The van der Waals surface area contributed by atoms with Gasteiger partial charge in [0.05, 0.1) is 6.21 Å². The minimum absolute atomic E-state index is 0.268. The Hall–Kier alpha value is -2.85. The van der Waals surface area contributed by atoms with E-state index in [0.717, 1.165) is 22.6 Å². The standard InChI is InChI=1S/C20H18ClN3O/c1-14-7-8-15(2)24(14)18-11-9-16(10-12-18)20(25)23-22-13-17-5-3-4-6-19(17)21/h3-13H,1-2H3,(H,23,25)/b22-13-. The van der Waals surface area contributed by atoms with Crippen molar-refractivity contribution in [2.75, 3.05) is 0 Å². The summed E-state index contributed by atoms with van der Waals surface area (Å²) in [6.07, 6.45) is 1.53. The second-order valence-electron chi connectivity index (χ2n) is 5.72. The molecule has 2 aromatic carbocycles. The van der Waals surface area contributed by atoms with Crippen molar-refractivity contribution in [3.05, 3.63) is 88.2 Å². The summed E-state index contributed by atoms with van der Waals surface area (Å²) in [6, 6.07) is 18.9. The summed E-state index contributed by atoms with van der Waals surface area (Å²) in [6.45, 7) is 4.11. The second kappa shape index (κ2) is 7.36. The molecule has 0 aliphatic heterocycles. The number of carbonyl (C=O) groups excluding carboxylic acids is 1.